The molecule has 1 aliphatic carbocycles. The zero-order valence-corrected chi connectivity index (χ0v) is 16.9. The van der Waals surface area contributed by atoms with Crippen LogP contribution in [-0.4, -0.2) is 28.8 Å². The van der Waals surface area contributed by atoms with Gasteiger partial charge < -0.3 is 10.2 Å². The van der Waals surface area contributed by atoms with Crippen molar-refractivity contribution in [1.82, 2.24) is 9.97 Å². The number of nitrogens with one attached hydrogen (secondary N) is 2. The van der Waals surface area contributed by atoms with Crippen LogP contribution in [0.1, 0.15) is 55.6 Å². The van der Waals surface area contributed by atoms with E-state index in [9.17, 15) is 9.59 Å². The number of anilines is 2. The Morgan fingerprint density at radius 3 is 2.52 bits per heavy atom. The molecule has 0 saturated carbocycles. The van der Waals surface area contributed by atoms with Crippen LogP contribution in [0.25, 0.3) is 0 Å². The zero-order valence-electron chi connectivity index (χ0n) is 16.1. The Bertz CT molecular complexity index is 1050. The molecule has 1 saturated heterocycles. The van der Waals surface area contributed by atoms with Gasteiger partial charge in [0.1, 0.15) is 5.82 Å². The minimum absolute atomic E-state index is 0.101. The molecule has 29 heavy (non-hydrogen) atoms. The second kappa shape index (κ2) is 7.34. The Kier molecular flexibility index (Phi) is 4.66. The van der Waals surface area contributed by atoms with E-state index in [1.54, 1.807) is 12.1 Å². The highest BCUT2D eigenvalue weighted by Crippen LogP contribution is 2.43. The third-order valence-corrected chi connectivity index (χ3v) is 6.36. The normalized spacial score (nSPS) is 21.5. The summed E-state index contributed by atoms with van der Waals surface area (Å²) in [6, 6.07) is 7.39. The number of ketones is 1. The fourth-order valence-corrected chi connectivity index (χ4v) is 4.82. The Hall–Kier alpha value is -2.60. The molecule has 0 radical (unpaired) electrons. The van der Waals surface area contributed by atoms with Crippen LogP contribution in [0.2, 0.25) is 5.02 Å². The summed E-state index contributed by atoms with van der Waals surface area (Å²) >= 11 is 6.08. The molecule has 0 bridgehead atoms. The Morgan fingerprint density at radius 1 is 1.00 bits per heavy atom. The van der Waals surface area contributed by atoms with Gasteiger partial charge in [0, 0.05) is 41.7 Å². The SMILES string of the molecule is O=C1CCCC2=C1C(c1ccc(Cl)cc1)c1c(nc(N3CCCCC3)[nH]c1=O)N2. The van der Waals surface area contributed by atoms with Gasteiger partial charge in [0.05, 0.1) is 5.56 Å². The summed E-state index contributed by atoms with van der Waals surface area (Å²) in [7, 11) is 0. The number of Topliss-reactive ketones (excluding diaryl/α,β-unsaturated/α-hetero) is 1. The van der Waals surface area contributed by atoms with E-state index in [1.807, 2.05) is 12.1 Å². The number of carbonyl (C=O) groups is 1. The van der Waals surface area contributed by atoms with E-state index in [0.717, 1.165) is 50.0 Å². The first-order valence-corrected chi connectivity index (χ1v) is 10.7. The average molecular weight is 411 g/mol. The minimum Gasteiger partial charge on any atom is -0.343 e. The van der Waals surface area contributed by atoms with Crippen LogP contribution >= 0.6 is 11.6 Å². The maximum atomic E-state index is 13.2. The predicted octanol–water partition coefficient (Wildman–Crippen LogP) is 3.98. The van der Waals surface area contributed by atoms with Gasteiger partial charge in [-0.15, -0.1) is 0 Å². The summed E-state index contributed by atoms with van der Waals surface area (Å²) in [5, 5.41) is 3.96. The van der Waals surface area contributed by atoms with Gasteiger partial charge in [-0.3, -0.25) is 14.6 Å². The van der Waals surface area contributed by atoms with Crippen LogP contribution in [0.5, 0.6) is 0 Å². The lowest BCUT2D eigenvalue weighted by atomic mass is 9.76. The Labute approximate surface area is 174 Å². The molecular formula is C22H23ClN4O2. The lowest BCUT2D eigenvalue weighted by Gasteiger charge is -2.34. The number of halogens is 1. The number of H-pyrrole nitrogens is 1. The first kappa shape index (κ1) is 18.4. The number of aromatic nitrogens is 2. The van der Waals surface area contributed by atoms with Crippen LogP contribution in [0.3, 0.4) is 0 Å². The van der Waals surface area contributed by atoms with Gasteiger partial charge in [0.2, 0.25) is 5.95 Å². The predicted molar refractivity (Wildman–Crippen MR) is 114 cm³/mol. The molecule has 3 heterocycles. The number of piperidine rings is 1. The summed E-state index contributed by atoms with van der Waals surface area (Å²) in [4.78, 5) is 36.0. The molecular weight excluding hydrogens is 388 g/mol. The van der Waals surface area contributed by atoms with E-state index in [4.69, 9.17) is 16.6 Å². The second-order valence-corrected chi connectivity index (χ2v) is 8.41. The first-order chi connectivity index (χ1) is 14.1. The molecule has 3 aliphatic rings. The van der Waals surface area contributed by atoms with E-state index >= 15 is 0 Å². The average Bonchev–Trinajstić information content (AvgIpc) is 2.74. The molecule has 1 unspecified atom stereocenters. The van der Waals surface area contributed by atoms with Gasteiger partial charge in [-0.05, 0) is 49.8 Å². The van der Waals surface area contributed by atoms with E-state index in [2.05, 4.69) is 15.2 Å². The highest BCUT2D eigenvalue weighted by molar-refractivity contribution is 6.30. The number of aromatic amines is 1. The van der Waals surface area contributed by atoms with Crippen molar-refractivity contribution in [3.63, 3.8) is 0 Å². The van der Waals surface area contributed by atoms with Gasteiger partial charge in [-0.25, -0.2) is 0 Å². The summed E-state index contributed by atoms with van der Waals surface area (Å²) in [5.74, 6) is 0.867. The maximum Gasteiger partial charge on any atom is 0.258 e. The number of carbonyl (C=O) groups excluding carboxylic acids is 1. The van der Waals surface area contributed by atoms with Crippen LogP contribution in [0.15, 0.2) is 40.3 Å². The van der Waals surface area contributed by atoms with Crippen molar-refractivity contribution in [2.45, 2.75) is 44.4 Å². The molecule has 2 N–H and O–H groups in total. The molecule has 1 fully saturated rings. The van der Waals surface area contributed by atoms with Gasteiger partial charge in [-0.2, -0.15) is 4.98 Å². The first-order valence-electron chi connectivity index (χ1n) is 10.3. The number of rotatable bonds is 2. The number of allylic oxidation sites excluding steroid dienone is 2. The van der Waals surface area contributed by atoms with Crippen molar-refractivity contribution >= 4 is 29.2 Å². The largest absolute Gasteiger partial charge is 0.343 e. The molecule has 2 aliphatic heterocycles. The zero-order chi connectivity index (χ0) is 20.0. The van der Waals surface area contributed by atoms with E-state index in [-0.39, 0.29) is 11.3 Å². The smallest absolute Gasteiger partial charge is 0.258 e. The van der Waals surface area contributed by atoms with Gasteiger partial charge >= 0.3 is 0 Å². The van der Waals surface area contributed by atoms with Gasteiger partial charge in [0.15, 0.2) is 5.78 Å². The number of nitrogens with zero attached hydrogens (tertiary/aromatic N) is 2. The van der Waals surface area contributed by atoms with Gasteiger partial charge in [0.25, 0.3) is 5.56 Å². The molecule has 0 amide bonds. The summed E-state index contributed by atoms with van der Waals surface area (Å²) in [6.07, 6.45) is 5.53. The molecule has 5 rings (SSSR count). The third kappa shape index (κ3) is 3.25. The van der Waals surface area contributed by atoms with Crippen molar-refractivity contribution in [3.8, 4) is 0 Å². The van der Waals surface area contributed by atoms with Crippen molar-refractivity contribution in [2.75, 3.05) is 23.3 Å². The quantitative estimate of drug-likeness (QED) is 0.783. The molecule has 1 aromatic heterocycles. The number of benzene rings is 1. The molecule has 2 aromatic rings. The number of hydrogen-bond donors (Lipinski definition) is 2. The highest BCUT2D eigenvalue weighted by Gasteiger charge is 2.38. The van der Waals surface area contributed by atoms with Crippen LogP contribution in [0, 0.1) is 0 Å². The lowest BCUT2D eigenvalue weighted by molar-refractivity contribution is -0.116. The second-order valence-electron chi connectivity index (χ2n) is 7.98. The lowest BCUT2D eigenvalue weighted by Crippen LogP contribution is -2.36. The van der Waals surface area contributed by atoms with Gasteiger partial charge in [-0.1, -0.05) is 23.7 Å². The molecule has 7 heteroatoms. The summed E-state index contributed by atoms with van der Waals surface area (Å²) < 4.78 is 0. The topological polar surface area (TPSA) is 78.1 Å². The molecule has 0 spiro atoms. The van der Waals surface area contributed by atoms with Crippen molar-refractivity contribution in [2.24, 2.45) is 0 Å². The van der Waals surface area contributed by atoms with E-state index in [0.29, 0.717) is 34.3 Å². The maximum absolute atomic E-state index is 13.2. The number of fused-ring (bicyclic) bond motifs is 1. The van der Waals surface area contributed by atoms with Crippen molar-refractivity contribution in [3.05, 3.63) is 62.0 Å². The molecule has 150 valence electrons. The fourth-order valence-electron chi connectivity index (χ4n) is 4.69. The highest BCUT2D eigenvalue weighted by atomic mass is 35.5. The standard InChI is InChI=1S/C22H23ClN4O2/c23-14-9-7-13(8-10-14)17-18-15(5-4-6-16(18)28)24-20-19(17)21(29)26-22(25-20)27-11-2-1-3-12-27/h7-10,17H,1-6,11-12H2,(H2,24,25,26,29). The van der Waals surface area contributed by atoms with Crippen LogP contribution in [-0.2, 0) is 4.79 Å². The molecule has 1 aromatic carbocycles. The van der Waals surface area contributed by atoms with E-state index < -0.39 is 5.92 Å². The third-order valence-electron chi connectivity index (χ3n) is 6.10. The Balaban J connectivity index is 1.67. The molecule has 1 atom stereocenters. The van der Waals surface area contributed by atoms with E-state index in [1.165, 1.54) is 6.42 Å². The minimum atomic E-state index is -0.419. The van der Waals surface area contributed by atoms with Crippen LogP contribution in [0.4, 0.5) is 11.8 Å². The van der Waals surface area contributed by atoms with Crippen molar-refractivity contribution in [1.29, 1.82) is 0 Å². The fraction of sp³-hybridized carbons (Fsp3) is 0.409. The summed E-state index contributed by atoms with van der Waals surface area (Å²) in [5.41, 5.74) is 2.81. The summed E-state index contributed by atoms with van der Waals surface area (Å²) in [6.45, 7) is 1.80. The number of hydrogen-bond acceptors (Lipinski definition) is 5. The molecule has 6 nitrogen and oxygen atoms in total. The van der Waals surface area contributed by atoms with Crippen molar-refractivity contribution < 1.29 is 4.79 Å². The monoisotopic (exact) mass is 410 g/mol. The van der Waals surface area contributed by atoms with Crippen LogP contribution < -0.4 is 15.8 Å². The Morgan fingerprint density at radius 2 is 1.76 bits per heavy atom.